The zero-order chi connectivity index (χ0) is 18.7. The first kappa shape index (κ1) is 17.9. The molecule has 0 radical (unpaired) electrons. The van der Waals surface area contributed by atoms with Crippen molar-refractivity contribution in [3.8, 4) is 11.1 Å². The number of anilines is 1. The van der Waals surface area contributed by atoms with Crippen molar-refractivity contribution in [3.05, 3.63) is 76.2 Å². The van der Waals surface area contributed by atoms with Crippen molar-refractivity contribution in [2.75, 3.05) is 5.32 Å². The molecule has 0 saturated heterocycles. The number of hydrogen-bond donors (Lipinski definition) is 2. The molecule has 3 rings (SSSR count). The summed E-state index contributed by atoms with van der Waals surface area (Å²) in [5.74, 6) is -0.706. The lowest BCUT2D eigenvalue weighted by molar-refractivity contribution is -0.115. The van der Waals surface area contributed by atoms with Gasteiger partial charge in [-0.1, -0.05) is 54.6 Å². The van der Waals surface area contributed by atoms with Crippen LogP contribution in [0.1, 0.15) is 26.4 Å². The molecule has 3 aromatic rings. The summed E-state index contributed by atoms with van der Waals surface area (Å²) >= 11 is 1.37. The third-order valence-electron chi connectivity index (χ3n) is 4.26. The fraction of sp³-hybridized carbons (Fsp3) is 0.143. The standard InChI is InChI=1S/C21H20N2O2S/c1-13-8-6-7-11-16(13)12-17(24)23-21-19(20(22)25)18(14(2)26-21)15-9-4-3-5-10-15/h3-11H,12H2,1-2H3,(H2,22,25)(H,23,24). The first-order chi connectivity index (χ1) is 12.5. The third kappa shape index (κ3) is 3.68. The van der Waals surface area contributed by atoms with E-state index in [9.17, 15) is 9.59 Å². The molecule has 0 spiro atoms. The van der Waals surface area contributed by atoms with E-state index in [4.69, 9.17) is 5.73 Å². The number of carbonyl (C=O) groups excluding carboxylic acids is 2. The van der Waals surface area contributed by atoms with Gasteiger partial charge in [-0.25, -0.2) is 0 Å². The van der Waals surface area contributed by atoms with Gasteiger partial charge in [0.1, 0.15) is 5.00 Å². The van der Waals surface area contributed by atoms with Gasteiger partial charge in [-0.15, -0.1) is 11.3 Å². The van der Waals surface area contributed by atoms with Gasteiger partial charge in [0, 0.05) is 10.4 Å². The normalized spacial score (nSPS) is 10.5. The van der Waals surface area contributed by atoms with Crippen LogP contribution < -0.4 is 11.1 Å². The van der Waals surface area contributed by atoms with E-state index in [0.717, 1.165) is 27.1 Å². The van der Waals surface area contributed by atoms with Gasteiger partial charge in [0.05, 0.1) is 12.0 Å². The van der Waals surface area contributed by atoms with E-state index in [2.05, 4.69) is 5.32 Å². The summed E-state index contributed by atoms with van der Waals surface area (Å²) in [7, 11) is 0. The van der Waals surface area contributed by atoms with E-state index in [-0.39, 0.29) is 12.3 Å². The summed E-state index contributed by atoms with van der Waals surface area (Å²) in [6.07, 6.45) is 0.252. The highest BCUT2D eigenvalue weighted by molar-refractivity contribution is 7.17. The molecule has 0 aliphatic carbocycles. The van der Waals surface area contributed by atoms with Crippen LogP contribution in [0.2, 0.25) is 0 Å². The second-order valence-corrected chi connectivity index (χ2v) is 7.34. The number of amides is 2. The minimum absolute atomic E-state index is 0.164. The van der Waals surface area contributed by atoms with Gasteiger partial charge in [-0.3, -0.25) is 9.59 Å². The monoisotopic (exact) mass is 364 g/mol. The molecule has 1 heterocycles. The van der Waals surface area contributed by atoms with Crippen molar-refractivity contribution in [1.29, 1.82) is 0 Å². The van der Waals surface area contributed by atoms with Crippen molar-refractivity contribution in [2.45, 2.75) is 20.3 Å². The van der Waals surface area contributed by atoms with E-state index in [1.807, 2.05) is 68.4 Å². The Kier molecular flexibility index (Phi) is 5.19. The van der Waals surface area contributed by atoms with Crippen LogP contribution in [0.25, 0.3) is 11.1 Å². The molecule has 0 unspecified atom stereocenters. The maximum atomic E-state index is 12.5. The quantitative estimate of drug-likeness (QED) is 0.708. The van der Waals surface area contributed by atoms with Crippen LogP contribution in [-0.4, -0.2) is 11.8 Å². The lowest BCUT2D eigenvalue weighted by atomic mass is 10.0. The predicted molar refractivity (Wildman–Crippen MR) is 107 cm³/mol. The first-order valence-corrected chi connectivity index (χ1v) is 9.12. The van der Waals surface area contributed by atoms with Gasteiger partial charge < -0.3 is 11.1 Å². The number of benzene rings is 2. The number of aryl methyl sites for hydroxylation is 2. The Hall–Kier alpha value is -2.92. The van der Waals surface area contributed by atoms with E-state index in [1.165, 1.54) is 11.3 Å². The molecule has 1 aromatic heterocycles. The van der Waals surface area contributed by atoms with Crippen molar-refractivity contribution in [2.24, 2.45) is 5.73 Å². The number of nitrogens with one attached hydrogen (secondary N) is 1. The van der Waals surface area contributed by atoms with E-state index in [0.29, 0.717) is 10.6 Å². The number of nitrogens with two attached hydrogens (primary N) is 1. The summed E-state index contributed by atoms with van der Waals surface area (Å²) in [5, 5.41) is 3.38. The van der Waals surface area contributed by atoms with Crippen LogP contribution >= 0.6 is 11.3 Å². The highest BCUT2D eigenvalue weighted by Gasteiger charge is 2.22. The first-order valence-electron chi connectivity index (χ1n) is 8.30. The Labute approximate surface area is 156 Å². The minimum Gasteiger partial charge on any atom is -0.365 e. The average molecular weight is 364 g/mol. The van der Waals surface area contributed by atoms with Gasteiger partial charge in [0.25, 0.3) is 5.91 Å². The van der Waals surface area contributed by atoms with Crippen LogP contribution in [0.3, 0.4) is 0 Å². The molecule has 0 fully saturated rings. The van der Waals surface area contributed by atoms with Crippen LogP contribution in [0.15, 0.2) is 54.6 Å². The van der Waals surface area contributed by atoms with Crippen LogP contribution in [0.4, 0.5) is 5.00 Å². The molecule has 26 heavy (non-hydrogen) atoms. The number of carbonyl (C=O) groups is 2. The molecule has 0 aliphatic heterocycles. The lowest BCUT2D eigenvalue weighted by Crippen LogP contribution is -2.18. The van der Waals surface area contributed by atoms with E-state index in [1.54, 1.807) is 0 Å². The summed E-state index contributed by atoms with van der Waals surface area (Å²) in [5.41, 5.74) is 9.73. The summed E-state index contributed by atoms with van der Waals surface area (Å²) in [6, 6.07) is 17.4. The summed E-state index contributed by atoms with van der Waals surface area (Å²) in [6.45, 7) is 3.90. The molecular formula is C21H20N2O2S. The maximum absolute atomic E-state index is 12.5. The Morgan fingerprint density at radius 3 is 2.31 bits per heavy atom. The molecule has 5 heteroatoms. The summed E-state index contributed by atoms with van der Waals surface area (Å²) in [4.78, 5) is 25.6. The largest absolute Gasteiger partial charge is 0.365 e. The highest BCUT2D eigenvalue weighted by atomic mass is 32.1. The van der Waals surface area contributed by atoms with Crippen LogP contribution in [-0.2, 0) is 11.2 Å². The minimum atomic E-state index is -0.542. The Morgan fingerprint density at radius 2 is 1.65 bits per heavy atom. The number of rotatable bonds is 5. The zero-order valence-corrected chi connectivity index (χ0v) is 15.5. The van der Waals surface area contributed by atoms with Gasteiger partial charge in [0.15, 0.2) is 0 Å². The van der Waals surface area contributed by atoms with Crippen LogP contribution in [0, 0.1) is 13.8 Å². The predicted octanol–water partition coefficient (Wildman–Crippen LogP) is 4.31. The zero-order valence-electron chi connectivity index (χ0n) is 14.7. The summed E-state index contributed by atoms with van der Waals surface area (Å²) < 4.78 is 0. The smallest absolute Gasteiger partial charge is 0.252 e. The van der Waals surface area contributed by atoms with Crippen LogP contribution in [0.5, 0.6) is 0 Å². The molecule has 2 amide bonds. The molecule has 2 aromatic carbocycles. The highest BCUT2D eigenvalue weighted by Crippen LogP contribution is 2.39. The van der Waals surface area contributed by atoms with Crippen molar-refractivity contribution >= 4 is 28.2 Å². The number of hydrogen-bond acceptors (Lipinski definition) is 3. The molecule has 3 N–H and O–H groups in total. The fourth-order valence-corrected chi connectivity index (χ4v) is 4.07. The van der Waals surface area contributed by atoms with Crippen molar-refractivity contribution < 1.29 is 9.59 Å². The average Bonchev–Trinajstić information content (AvgIpc) is 2.93. The Bertz CT molecular complexity index is 961. The van der Waals surface area contributed by atoms with E-state index < -0.39 is 5.91 Å². The van der Waals surface area contributed by atoms with Gasteiger partial charge in [0.2, 0.25) is 5.91 Å². The second-order valence-electron chi connectivity index (χ2n) is 6.12. The number of thiophene rings is 1. The van der Waals surface area contributed by atoms with Crippen molar-refractivity contribution in [3.63, 3.8) is 0 Å². The molecular weight excluding hydrogens is 344 g/mol. The lowest BCUT2D eigenvalue weighted by Gasteiger charge is -2.08. The molecule has 4 nitrogen and oxygen atoms in total. The SMILES string of the molecule is Cc1ccccc1CC(=O)Nc1sc(C)c(-c2ccccc2)c1C(N)=O. The third-order valence-corrected chi connectivity index (χ3v) is 5.28. The Morgan fingerprint density at radius 1 is 1.00 bits per heavy atom. The van der Waals surface area contributed by atoms with Gasteiger partial charge in [-0.05, 0) is 30.5 Å². The van der Waals surface area contributed by atoms with E-state index >= 15 is 0 Å². The fourth-order valence-electron chi connectivity index (χ4n) is 2.97. The second kappa shape index (κ2) is 7.54. The molecule has 0 aliphatic rings. The Balaban J connectivity index is 1.92. The number of primary amides is 1. The molecule has 132 valence electrons. The topological polar surface area (TPSA) is 72.2 Å². The molecule has 0 bridgehead atoms. The molecule has 0 atom stereocenters. The van der Waals surface area contributed by atoms with Gasteiger partial charge >= 0.3 is 0 Å². The molecule has 0 saturated carbocycles. The van der Waals surface area contributed by atoms with Crippen molar-refractivity contribution in [1.82, 2.24) is 0 Å². The maximum Gasteiger partial charge on any atom is 0.252 e. The van der Waals surface area contributed by atoms with Gasteiger partial charge in [-0.2, -0.15) is 0 Å².